The van der Waals surface area contributed by atoms with E-state index in [0.717, 1.165) is 0 Å². The summed E-state index contributed by atoms with van der Waals surface area (Å²) in [5.41, 5.74) is 1.26. The average Bonchev–Trinajstić information content (AvgIpc) is 2.08. The molecule has 1 heterocycles. The summed E-state index contributed by atoms with van der Waals surface area (Å²) in [6, 6.07) is 1.60. The molecule has 0 aliphatic carbocycles. The minimum absolute atomic E-state index is 0.110. The molecule has 1 aromatic heterocycles. The summed E-state index contributed by atoms with van der Waals surface area (Å²) >= 11 is 0. The van der Waals surface area contributed by atoms with Crippen LogP contribution in [0.1, 0.15) is 18.2 Å². The van der Waals surface area contributed by atoms with Gasteiger partial charge in [-0.25, -0.2) is 0 Å². The van der Waals surface area contributed by atoms with Gasteiger partial charge in [0.25, 0.3) is 0 Å². The first-order valence-corrected chi connectivity index (χ1v) is 3.88. The number of nitrogens with zero attached hydrogens (tertiary/aromatic N) is 1. The highest BCUT2D eigenvalue weighted by atomic mass is 16.5. The van der Waals surface area contributed by atoms with Gasteiger partial charge in [0.15, 0.2) is 5.75 Å². The molecule has 1 N–H and O–H groups in total. The van der Waals surface area contributed by atoms with Crippen LogP contribution < -0.4 is 4.74 Å². The molecule has 0 aromatic carbocycles. The number of hydrogen-bond acceptors (Lipinski definition) is 4. The normalized spacial score (nSPS) is 9.77. The zero-order chi connectivity index (χ0) is 9.84. The molecule has 0 unspecified atom stereocenters. The lowest BCUT2D eigenvalue weighted by molar-refractivity contribution is -0.131. The monoisotopic (exact) mass is 181 g/mol. The number of carbonyl (C=O) groups excluding carboxylic acids is 1. The Bertz CT molecular complexity index is 323. The number of ether oxygens (including phenoxy) is 1. The maximum atomic E-state index is 10.7. The van der Waals surface area contributed by atoms with Crippen molar-refractivity contribution in [1.82, 2.24) is 4.98 Å². The second-order valence-electron chi connectivity index (χ2n) is 2.68. The number of aliphatic hydroxyl groups excluding tert-OH is 1. The molecule has 0 bridgehead atoms. The Morgan fingerprint density at radius 3 is 2.92 bits per heavy atom. The lowest BCUT2D eigenvalue weighted by Crippen LogP contribution is -2.04. The van der Waals surface area contributed by atoms with E-state index in [9.17, 15) is 4.79 Å². The van der Waals surface area contributed by atoms with E-state index in [2.05, 4.69) is 4.98 Å². The molecule has 0 radical (unpaired) electrons. The lowest BCUT2D eigenvalue weighted by Gasteiger charge is -2.05. The predicted octanol–water partition coefficient (Wildman–Crippen LogP) is 0.808. The third kappa shape index (κ3) is 2.52. The molecule has 0 fully saturated rings. The van der Waals surface area contributed by atoms with Gasteiger partial charge in [0.2, 0.25) is 0 Å². The highest BCUT2D eigenvalue weighted by Crippen LogP contribution is 2.16. The number of aryl methyl sites for hydroxylation is 1. The summed E-state index contributed by atoms with van der Waals surface area (Å²) in [7, 11) is 0. The van der Waals surface area contributed by atoms with Gasteiger partial charge in [-0.15, -0.1) is 0 Å². The van der Waals surface area contributed by atoms with Gasteiger partial charge < -0.3 is 9.84 Å². The number of aliphatic hydroxyl groups is 1. The lowest BCUT2D eigenvalue weighted by atomic mass is 10.2. The molecular formula is C9H11NO3. The van der Waals surface area contributed by atoms with Crippen molar-refractivity contribution in [2.24, 2.45) is 0 Å². The van der Waals surface area contributed by atoms with E-state index in [1.54, 1.807) is 19.2 Å². The van der Waals surface area contributed by atoms with Gasteiger partial charge in [0, 0.05) is 13.1 Å². The molecule has 0 spiro atoms. The van der Waals surface area contributed by atoms with Crippen molar-refractivity contribution in [3.05, 3.63) is 23.5 Å². The van der Waals surface area contributed by atoms with Crippen molar-refractivity contribution >= 4 is 5.97 Å². The van der Waals surface area contributed by atoms with E-state index in [4.69, 9.17) is 9.84 Å². The highest BCUT2D eigenvalue weighted by molar-refractivity contribution is 5.69. The van der Waals surface area contributed by atoms with Gasteiger partial charge in [-0.1, -0.05) is 0 Å². The van der Waals surface area contributed by atoms with Crippen LogP contribution in [0.3, 0.4) is 0 Å². The second kappa shape index (κ2) is 4.00. The number of rotatable bonds is 2. The van der Waals surface area contributed by atoms with Crippen LogP contribution in [0.15, 0.2) is 12.3 Å². The van der Waals surface area contributed by atoms with E-state index >= 15 is 0 Å². The summed E-state index contributed by atoms with van der Waals surface area (Å²) in [6.45, 7) is 2.95. The smallest absolute Gasteiger partial charge is 0.308 e. The van der Waals surface area contributed by atoms with Gasteiger partial charge >= 0.3 is 5.97 Å². The Hall–Kier alpha value is -1.42. The first-order valence-electron chi connectivity index (χ1n) is 3.88. The van der Waals surface area contributed by atoms with Crippen LogP contribution in [-0.4, -0.2) is 16.1 Å². The molecule has 0 saturated heterocycles. The average molecular weight is 181 g/mol. The summed E-state index contributed by atoms with van der Waals surface area (Å²) < 4.78 is 4.87. The number of pyridine rings is 1. The number of esters is 1. The third-order valence-corrected chi connectivity index (χ3v) is 1.53. The molecule has 0 atom stereocenters. The van der Waals surface area contributed by atoms with E-state index in [-0.39, 0.29) is 12.6 Å². The Labute approximate surface area is 76.2 Å². The van der Waals surface area contributed by atoms with Gasteiger partial charge in [-0.3, -0.25) is 9.78 Å². The van der Waals surface area contributed by atoms with Crippen LogP contribution in [0, 0.1) is 6.92 Å². The van der Waals surface area contributed by atoms with E-state index in [1.807, 2.05) is 0 Å². The molecule has 0 aliphatic heterocycles. The minimum atomic E-state index is -0.389. The first kappa shape index (κ1) is 9.67. The maximum Gasteiger partial charge on any atom is 0.308 e. The molecule has 4 heteroatoms. The zero-order valence-corrected chi connectivity index (χ0v) is 7.57. The summed E-state index contributed by atoms with van der Waals surface area (Å²) in [5, 5.41) is 8.81. The van der Waals surface area contributed by atoms with Crippen LogP contribution in [-0.2, 0) is 11.4 Å². The fourth-order valence-electron chi connectivity index (χ4n) is 0.898. The standard InChI is InChI=1S/C9H11NO3/c1-6-9(13-7(2)12)3-8(5-11)4-10-6/h3-4,11H,5H2,1-2H3. The number of carbonyl (C=O) groups is 1. The Kier molecular flexibility index (Phi) is 2.97. The summed E-state index contributed by atoms with van der Waals surface area (Å²) in [6.07, 6.45) is 1.54. The fourth-order valence-corrected chi connectivity index (χ4v) is 0.898. The Morgan fingerprint density at radius 2 is 2.38 bits per heavy atom. The van der Waals surface area contributed by atoms with Crippen molar-refractivity contribution in [2.45, 2.75) is 20.5 Å². The van der Waals surface area contributed by atoms with Gasteiger partial charge in [0.1, 0.15) is 0 Å². The SMILES string of the molecule is CC(=O)Oc1cc(CO)cnc1C. The maximum absolute atomic E-state index is 10.7. The molecule has 0 saturated carbocycles. The largest absolute Gasteiger partial charge is 0.425 e. The van der Waals surface area contributed by atoms with E-state index in [0.29, 0.717) is 17.0 Å². The van der Waals surface area contributed by atoms with Gasteiger partial charge in [-0.05, 0) is 18.6 Å². The Morgan fingerprint density at radius 1 is 1.69 bits per heavy atom. The van der Waals surface area contributed by atoms with Crippen LogP contribution in [0.2, 0.25) is 0 Å². The fraction of sp³-hybridized carbons (Fsp3) is 0.333. The van der Waals surface area contributed by atoms with Crippen molar-refractivity contribution in [2.75, 3.05) is 0 Å². The van der Waals surface area contributed by atoms with Crippen molar-refractivity contribution in [1.29, 1.82) is 0 Å². The van der Waals surface area contributed by atoms with Crippen molar-refractivity contribution < 1.29 is 14.6 Å². The number of aromatic nitrogens is 1. The van der Waals surface area contributed by atoms with Crippen molar-refractivity contribution in [3.63, 3.8) is 0 Å². The van der Waals surface area contributed by atoms with Crippen LogP contribution in [0.4, 0.5) is 0 Å². The van der Waals surface area contributed by atoms with Crippen molar-refractivity contribution in [3.8, 4) is 5.75 Å². The topological polar surface area (TPSA) is 59.4 Å². The third-order valence-electron chi connectivity index (χ3n) is 1.53. The Balaban J connectivity index is 2.96. The van der Waals surface area contributed by atoms with E-state index in [1.165, 1.54) is 6.92 Å². The zero-order valence-electron chi connectivity index (χ0n) is 7.57. The molecule has 13 heavy (non-hydrogen) atoms. The molecule has 0 aliphatic rings. The second-order valence-corrected chi connectivity index (χ2v) is 2.68. The first-order chi connectivity index (χ1) is 6.13. The summed E-state index contributed by atoms with van der Waals surface area (Å²) in [4.78, 5) is 14.6. The molecule has 0 amide bonds. The molecule has 1 rings (SSSR count). The van der Waals surface area contributed by atoms with Crippen LogP contribution in [0.5, 0.6) is 5.75 Å². The molecule has 4 nitrogen and oxygen atoms in total. The summed E-state index contributed by atoms with van der Waals surface area (Å²) in [5.74, 6) is 0.0130. The molecular weight excluding hydrogens is 170 g/mol. The predicted molar refractivity (Wildman–Crippen MR) is 46.2 cm³/mol. The van der Waals surface area contributed by atoms with Crippen LogP contribution in [0.25, 0.3) is 0 Å². The van der Waals surface area contributed by atoms with E-state index < -0.39 is 0 Å². The van der Waals surface area contributed by atoms with Gasteiger partial charge in [0.05, 0.1) is 12.3 Å². The highest BCUT2D eigenvalue weighted by Gasteiger charge is 2.04. The molecule has 70 valence electrons. The molecule has 1 aromatic rings. The minimum Gasteiger partial charge on any atom is -0.425 e. The van der Waals surface area contributed by atoms with Gasteiger partial charge in [-0.2, -0.15) is 0 Å². The number of hydrogen-bond donors (Lipinski definition) is 1. The quantitative estimate of drug-likeness (QED) is 0.686. The van der Waals surface area contributed by atoms with Crippen LogP contribution >= 0.6 is 0 Å².